The monoisotopic (exact) mass is 284 g/mol. The van der Waals surface area contributed by atoms with Gasteiger partial charge in [0.15, 0.2) is 8.68 Å². The standard InChI is InChI=1S/C8H13ClN2O3S2/c1-6-7(15-8(9)10-6)16(12,13)11(2)4-5-14-3/h4-5H2,1-3H3. The number of halogens is 1. The van der Waals surface area contributed by atoms with Gasteiger partial charge in [-0.15, -0.1) is 0 Å². The third-order valence-corrected chi connectivity index (χ3v) is 5.69. The molecule has 5 nitrogen and oxygen atoms in total. The molecule has 0 saturated heterocycles. The molecule has 1 aromatic rings. The highest BCUT2D eigenvalue weighted by Gasteiger charge is 2.25. The van der Waals surface area contributed by atoms with Crippen molar-refractivity contribution in [2.24, 2.45) is 0 Å². The summed E-state index contributed by atoms with van der Waals surface area (Å²) in [6.45, 7) is 2.27. The number of ether oxygens (including phenoxy) is 1. The predicted molar refractivity (Wildman–Crippen MR) is 63.6 cm³/mol. The minimum Gasteiger partial charge on any atom is -0.383 e. The van der Waals surface area contributed by atoms with Gasteiger partial charge in [-0.05, 0) is 6.92 Å². The number of sulfonamides is 1. The molecule has 0 spiro atoms. The normalized spacial score (nSPS) is 12.3. The average Bonchev–Trinajstić information content (AvgIpc) is 2.54. The Labute approximate surface area is 104 Å². The molecule has 0 aliphatic rings. The Bertz CT molecular complexity index is 458. The molecule has 0 aromatic carbocycles. The minimum absolute atomic E-state index is 0.191. The van der Waals surface area contributed by atoms with Crippen molar-refractivity contribution in [3.8, 4) is 0 Å². The molecule has 0 unspecified atom stereocenters. The highest BCUT2D eigenvalue weighted by molar-refractivity contribution is 7.91. The summed E-state index contributed by atoms with van der Waals surface area (Å²) in [5, 5.41) is 0. The second kappa shape index (κ2) is 5.42. The Morgan fingerprint density at radius 3 is 2.62 bits per heavy atom. The highest BCUT2D eigenvalue weighted by atomic mass is 35.5. The summed E-state index contributed by atoms with van der Waals surface area (Å²) in [7, 11) is -0.472. The summed E-state index contributed by atoms with van der Waals surface area (Å²) in [6.07, 6.45) is 0. The lowest BCUT2D eigenvalue weighted by Gasteiger charge is -2.15. The van der Waals surface area contributed by atoms with Crippen molar-refractivity contribution < 1.29 is 13.2 Å². The molecular formula is C8H13ClN2O3S2. The van der Waals surface area contributed by atoms with E-state index in [1.54, 1.807) is 6.92 Å². The first-order valence-corrected chi connectivity index (χ1v) is 7.11. The van der Waals surface area contributed by atoms with Gasteiger partial charge in [-0.2, -0.15) is 4.31 Å². The smallest absolute Gasteiger partial charge is 0.254 e. The number of hydrogen-bond donors (Lipinski definition) is 0. The van der Waals surface area contributed by atoms with Crippen LogP contribution in [-0.4, -0.2) is 45.0 Å². The van der Waals surface area contributed by atoms with E-state index in [1.807, 2.05) is 0 Å². The third-order valence-electron chi connectivity index (χ3n) is 1.98. The van der Waals surface area contributed by atoms with E-state index in [0.717, 1.165) is 11.3 Å². The summed E-state index contributed by atoms with van der Waals surface area (Å²) in [6, 6.07) is 0. The van der Waals surface area contributed by atoms with Gasteiger partial charge in [0.25, 0.3) is 10.0 Å². The van der Waals surface area contributed by atoms with Gasteiger partial charge in [-0.3, -0.25) is 0 Å². The van der Waals surface area contributed by atoms with Gasteiger partial charge in [-0.25, -0.2) is 13.4 Å². The van der Waals surface area contributed by atoms with Crippen LogP contribution in [0, 0.1) is 6.92 Å². The Hall–Kier alpha value is -0.210. The molecule has 0 aliphatic carbocycles. The number of hydrogen-bond acceptors (Lipinski definition) is 5. The summed E-state index contributed by atoms with van der Waals surface area (Å²) in [5.74, 6) is 0. The van der Waals surface area contributed by atoms with Crippen LogP contribution in [0.25, 0.3) is 0 Å². The van der Waals surface area contributed by atoms with E-state index in [-0.39, 0.29) is 8.68 Å². The lowest BCUT2D eigenvalue weighted by molar-refractivity contribution is 0.185. The largest absolute Gasteiger partial charge is 0.383 e. The Morgan fingerprint density at radius 2 is 2.19 bits per heavy atom. The zero-order chi connectivity index (χ0) is 12.3. The number of likely N-dealkylation sites (N-methyl/N-ethyl adjacent to an activating group) is 1. The number of aromatic nitrogens is 1. The van der Waals surface area contributed by atoms with Crippen molar-refractivity contribution in [3.63, 3.8) is 0 Å². The van der Waals surface area contributed by atoms with Gasteiger partial charge in [0.1, 0.15) is 0 Å². The van der Waals surface area contributed by atoms with Crippen molar-refractivity contribution in [1.82, 2.24) is 9.29 Å². The molecule has 0 N–H and O–H groups in total. The van der Waals surface area contributed by atoms with Crippen LogP contribution in [0.4, 0.5) is 0 Å². The van der Waals surface area contributed by atoms with Crippen LogP contribution >= 0.6 is 22.9 Å². The van der Waals surface area contributed by atoms with Crippen LogP contribution in [0.3, 0.4) is 0 Å². The zero-order valence-corrected chi connectivity index (χ0v) is 11.6. The van der Waals surface area contributed by atoms with Crippen LogP contribution < -0.4 is 0 Å². The molecule has 0 atom stereocenters. The second-order valence-corrected chi connectivity index (χ2v) is 6.98. The Kier molecular flexibility index (Phi) is 4.69. The first-order valence-electron chi connectivity index (χ1n) is 4.47. The topological polar surface area (TPSA) is 59.5 Å². The maximum Gasteiger partial charge on any atom is 0.254 e. The average molecular weight is 285 g/mol. The molecule has 1 heterocycles. The molecule has 0 saturated carbocycles. The third kappa shape index (κ3) is 2.92. The fraction of sp³-hybridized carbons (Fsp3) is 0.625. The van der Waals surface area contributed by atoms with Crippen molar-refractivity contribution in [2.45, 2.75) is 11.1 Å². The molecule has 0 bridgehead atoms. The predicted octanol–water partition coefficient (Wildman–Crippen LogP) is 1.37. The van der Waals surface area contributed by atoms with E-state index >= 15 is 0 Å². The van der Waals surface area contributed by atoms with Gasteiger partial charge in [0, 0.05) is 20.7 Å². The summed E-state index contributed by atoms with van der Waals surface area (Å²) in [4.78, 5) is 3.89. The second-order valence-electron chi connectivity index (χ2n) is 3.16. The molecule has 92 valence electrons. The lowest BCUT2D eigenvalue weighted by atomic mass is 10.6. The summed E-state index contributed by atoms with van der Waals surface area (Å²) >= 11 is 6.65. The molecular weight excluding hydrogens is 272 g/mol. The fourth-order valence-corrected chi connectivity index (χ4v) is 4.15. The SMILES string of the molecule is COCCN(C)S(=O)(=O)c1sc(Cl)nc1C. The highest BCUT2D eigenvalue weighted by Crippen LogP contribution is 2.28. The van der Waals surface area contributed by atoms with Crippen molar-refractivity contribution in [2.75, 3.05) is 27.3 Å². The van der Waals surface area contributed by atoms with E-state index < -0.39 is 10.0 Å². The van der Waals surface area contributed by atoms with Crippen LogP contribution in [0.1, 0.15) is 5.69 Å². The Morgan fingerprint density at radius 1 is 1.56 bits per heavy atom. The Balaban J connectivity index is 2.97. The van der Waals surface area contributed by atoms with Gasteiger partial charge in [0.05, 0.1) is 12.3 Å². The van der Waals surface area contributed by atoms with Crippen molar-refractivity contribution in [3.05, 3.63) is 10.2 Å². The van der Waals surface area contributed by atoms with Crippen LogP contribution in [0.5, 0.6) is 0 Å². The fourth-order valence-electron chi connectivity index (χ4n) is 1.07. The van der Waals surface area contributed by atoms with Crippen LogP contribution in [-0.2, 0) is 14.8 Å². The van der Waals surface area contributed by atoms with Gasteiger partial charge in [0.2, 0.25) is 0 Å². The zero-order valence-electron chi connectivity index (χ0n) is 9.23. The molecule has 8 heteroatoms. The first-order chi connectivity index (χ1) is 7.39. The minimum atomic E-state index is -3.50. The van der Waals surface area contributed by atoms with E-state index in [1.165, 1.54) is 18.5 Å². The van der Waals surface area contributed by atoms with Gasteiger partial charge >= 0.3 is 0 Å². The molecule has 0 radical (unpaired) electrons. The number of nitrogens with zero attached hydrogens (tertiary/aromatic N) is 2. The molecule has 1 aromatic heterocycles. The van der Waals surface area contributed by atoms with Crippen LogP contribution in [0.2, 0.25) is 4.47 Å². The van der Waals surface area contributed by atoms with Gasteiger partial charge in [-0.1, -0.05) is 22.9 Å². The molecule has 0 amide bonds. The molecule has 16 heavy (non-hydrogen) atoms. The summed E-state index contributed by atoms with van der Waals surface area (Å²) < 4.78 is 30.6. The van der Waals surface area contributed by atoms with E-state index in [9.17, 15) is 8.42 Å². The van der Waals surface area contributed by atoms with E-state index in [2.05, 4.69) is 4.98 Å². The maximum absolute atomic E-state index is 12.1. The molecule has 0 aliphatic heterocycles. The number of thiazole rings is 1. The maximum atomic E-state index is 12.1. The van der Waals surface area contributed by atoms with E-state index in [0.29, 0.717) is 18.8 Å². The quantitative estimate of drug-likeness (QED) is 0.819. The number of rotatable bonds is 5. The molecule has 1 rings (SSSR count). The lowest BCUT2D eigenvalue weighted by Crippen LogP contribution is -2.29. The number of aryl methyl sites for hydroxylation is 1. The van der Waals surface area contributed by atoms with Gasteiger partial charge < -0.3 is 4.74 Å². The molecule has 0 fully saturated rings. The van der Waals surface area contributed by atoms with Crippen molar-refractivity contribution in [1.29, 1.82) is 0 Å². The first kappa shape index (κ1) is 13.9. The van der Waals surface area contributed by atoms with Crippen LogP contribution in [0.15, 0.2) is 4.21 Å². The van der Waals surface area contributed by atoms with E-state index in [4.69, 9.17) is 16.3 Å². The summed E-state index contributed by atoms with van der Waals surface area (Å²) in [5.41, 5.74) is 0.430. The van der Waals surface area contributed by atoms with Crippen molar-refractivity contribution >= 4 is 33.0 Å². The number of methoxy groups -OCH3 is 1.